The minimum Gasteiger partial charge on any atom is -1.00 e. The van der Waals surface area contributed by atoms with Crippen molar-refractivity contribution in [1.82, 2.24) is 0 Å². The first-order valence-corrected chi connectivity index (χ1v) is 5.48. The smallest absolute Gasteiger partial charge is 0.236 e. The molecule has 0 unspecified atom stereocenters. The molecule has 0 atom stereocenters. The number of rotatable bonds is 2. The molecule has 0 saturated carbocycles. The first-order valence-electron chi connectivity index (χ1n) is 4.66. The van der Waals surface area contributed by atoms with Crippen LogP contribution in [0, 0.1) is 19.3 Å². The van der Waals surface area contributed by atoms with E-state index in [2.05, 4.69) is 23.5 Å². The molecule has 84 valence electrons. The maximum atomic E-state index is 5.34. The van der Waals surface area contributed by atoms with E-state index < -0.39 is 0 Å². The van der Waals surface area contributed by atoms with Gasteiger partial charge in [-0.25, -0.2) is 0 Å². The van der Waals surface area contributed by atoms with Crippen LogP contribution in [0.25, 0.3) is 10.2 Å². The van der Waals surface area contributed by atoms with Gasteiger partial charge in [-0.1, -0.05) is 11.3 Å². The maximum Gasteiger partial charge on any atom is 0.236 e. The van der Waals surface area contributed by atoms with E-state index >= 15 is 0 Å². The second kappa shape index (κ2) is 5.33. The topological polar surface area (TPSA) is 13.1 Å². The number of thiazole rings is 1. The molecule has 0 N–H and O–H groups in total. The van der Waals surface area contributed by atoms with Gasteiger partial charge in [0, 0.05) is 19.1 Å². The molecule has 4 heteroatoms. The highest BCUT2D eigenvalue weighted by atomic mass is 79.9. The number of ether oxygens (including phenoxy) is 1. The SMILES string of the molecule is C#CC[n+]1c(C)sc2cc(OC)ccc21.[Br-]. The zero-order chi connectivity index (χ0) is 10.8. The summed E-state index contributed by atoms with van der Waals surface area (Å²) < 4.78 is 8.54. The van der Waals surface area contributed by atoms with E-state index in [0.717, 1.165) is 5.75 Å². The molecule has 0 aliphatic carbocycles. The third-order valence-corrected chi connectivity index (χ3v) is 3.41. The van der Waals surface area contributed by atoms with Crippen LogP contribution in [0.4, 0.5) is 0 Å². The Morgan fingerprint density at radius 3 is 2.88 bits per heavy atom. The molecular formula is C12H12BrNOS. The molecule has 2 nitrogen and oxygen atoms in total. The zero-order valence-electron chi connectivity index (χ0n) is 9.16. The Labute approximate surface area is 110 Å². The minimum atomic E-state index is 0. The Bertz CT molecular complexity index is 542. The number of fused-ring (bicyclic) bond motifs is 1. The number of hydrogen-bond acceptors (Lipinski definition) is 2. The number of methoxy groups -OCH3 is 1. The minimum absolute atomic E-state index is 0. The van der Waals surface area contributed by atoms with Crippen LogP contribution in [0.1, 0.15) is 5.01 Å². The van der Waals surface area contributed by atoms with Gasteiger partial charge in [0.15, 0.2) is 0 Å². The summed E-state index contributed by atoms with van der Waals surface area (Å²) >= 11 is 1.74. The van der Waals surface area contributed by atoms with Crippen molar-refractivity contribution in [3.63, 3.8) is 0 Å². The second-order valence-corrected chi connectivity index (χ2v) is 4.48. The maximum absolute atomic E-state index is 5.34. The molecule has 0 aliphatic rings. The predicted octanol–water partition coefficient (Wildman–Crippen LogP) is -0.857. The van der Waals surface area contributed by atoms with E-state index in [9.17, 15) is 0 Å². The normalized spacial score (nSPS) is 9.56. The number of halogens is 1. The van der Waals surface area contributed by atoms with Crippen molar-refractivity contribution in [1.29, 1.82) is 0 Å². The molecule has 0 spiro atoms. The molecule has 0 saturated heterocycles. The zero-order valence-corrected chi connectivity index (χ0v) is 11.6. The summed E-state index contributed by atoms with van der Waals surface area (Å²) in [5.74, 6) is 3.56. The third-order valence-electron chi connectivity index (χ3n) is 2.34. The van der Waals surface area contributed by atoms with Crippen molar-refractivity contribution in [2.24, 2.45) is 0 Å². The third kappa shape index (κ3) is 2.21. The van der Waals surface area contributed by atoms with Crippen LogP contribution in [-0.4, -0.2) is 7.11 Å². The van der Waals surface area contributed by atoms with Gasteiger partial charge in [0.05, 0.1) is 7.11 Å². The molecule has 1 aromatic heterocycles. The molecule has 1 aromatic carbocycles. The summed E-state index contributed by atoms with van der Waals surface area (Å²) in [5, 5.41) is 1.22. The largest absolute Gasteiger partial charge is 1.00 e. The van der Waals surface area contributed by atoms with Gasteiger partial charge in [0.1, 0.15) is 10.4 Å². The van der Waals surface area contributed by atoms with Crippen molar-refractivity contribution < 1.29 is 26.3 Å². The molecule has 0 aliphatic heterocycles. The van der Waals surface area contributed by atoms with Gasteiger partial charge in [-0.3, -0.25) is 0 Å². The van der Waals surface area contributed by atoms with Crippen LogP contribution in [-0.2, 0) is 6.54 Å². The lowest BCUT2D eigenvalue weighted by molar-refractivity contribution is -0.660. The number of aromatic nitrogens is 1. The lowest BCUT2D eigenvalue weighted by Gasteiger charge is -1.96. The van der Waals surface area contributed by atoms with Gasteiger partial charge < -0.3 is 21.7 Å². The summed E-state index contributed by atoms with van der Waals surface area (Å²) in [6, 6.07) is 6.05. The molecule has 1 heterocycles. The van der Waals surface area contributed by atoms with Gasteiger partial charge in [0.2, 0.25) is 17.1 Å². The first-order chi connectivity index (χ1) is 7.26. The Morgan fingerprint density at radius 2 is 2.25 bits per heavy atom. The van der Waals surface area contributed by atoms with Gasteiger partial charge in [0.25, 0.3) is 0 Å². The number of hydrogen-bond donors (Lipinski definition) is 0. The van der Waals surface area contributed by atoms with Gasteiger partial charge >= 0.3 is 0 Å². The van der Waals surface area contributed by atoms with E-state index in [1.165, 1.54) is 15.2 Å². The molecule has 0 radical (unpaired) electrons. The Kier molecular flexibility index (Phi) is 4.34. The molecule has 0 fully saturated rings. The number of aryl methyl sites for hydroxylation is 1. The van der Waals surface area contributed by atoms with Crippen LogP contribution in [0.2, 0.25) is 0 Å². The van der Waals surface area contributed by atoms with Crippen LogP contribution >= 0.6 is 11.3 Å². The lowest BCUT2D eigenvalue weighted by atomic mass is 10.3. The quantitative estimate of drug-likeness (QED) is 0.520. The highest BCUT2D eigenvalue weighted by Gasteiger charge is 2.15. The van der Waals surface area contributed by atoms with Gasteiger partial charge in [-0.15, -0.1) is 6.42 Å². The summed E-state index contributed by atoms with van der Waals surface area (Å²) in [5.41, 5.74) is 1.18. The summed E-state index contributed by atoms with van der Waals surface area (Å²) in [6.45, 7) is 2.70. The molecule has 16 heavy (non-hydrogen) atoms. The average molecular weight is 298 g/mol. The Balaban J connectivity index is 0.00000128. The van der Waals surface area contributed by atoms with E-state index in [1.54, 1.807) is 18.4 Å². The van der Waals surface area contributed by atoms with E-state index in [-0.39, 0.29) is 17.0 Å². The summed E-state index contributed by atoms with van der Waals surface area (Å²) in [6.07, 6.45) is 5.34. The van der Waals surface area contributed by atoms with E-state index in [4.69, 9.17) is 11.2 Å². The second-order valence-electron chi connectivity index (χ2n) is 3.25. The van der Waals surface area contributed by atoms with Crippen molar-refractivity contribution in [3.05, 3.63) is 23.2 Å². The van der Waals surface area contributed by atoms with Crippen LogP contribution in [0.5, 0.6) is 5.75 Å². The van der Waals surface area contributed by atoms with Crippen LogP contribution in [0.15, 0.2) is 18.2 Å². The van der Waals surface area contributed by atoms with E-state index in [1.807, 2.05) is 12.1 Å². The van der Waals surface area contributed by atoms with Crippen LogP contribution in [0.3, 0.4) is 0 Å². The first kappa shape index (κ1) is 13.0. The number of nitrogens with zero attached hydrogens (tertiary/aromatic N) is 1. The van der Waals surface area contributed by atoms with Gasteiger partial charge in [-0.05, 0) is 12.0 Å². The Morgan fingerprint density at radius 1 is 1.50 bits per heavy atom. The molecule has 0 bridgehead atoms. The number of benzene rings is 1. The van der Waals surface area contributed by atoms with Crippen molar-refractivity contribution in [2.45, 2.75) is 13.5 Å². The number of terminal acetylenes is 1. The fourth-order valence-electron chi connectivity index (χ4n) is 1.60. The van der Waals surface area contributed by atoms with Crippen molar-refractivity contribution in [2.75, 3.05) is 7.11 Å². The fraction of sp³-hybridized carbons (Fsp3) is 0.250. The highest BCUT2D eigenvalue weighted by Crippen LogP contribution is 2.24. The molecule has 2 aromatic rings. The highest BCUT2D eigenvalue weighted by molar-refractivity contribution is 7.18. The summed E-state index contributed by atoms with van der Waals surface area (Å²) in [7, 11) is 1.68. The van der Waals surface area contributed by atoms with Gasteiger partial charge in [-0.2, -0.15) is 4.57 Å². The van der Waals surface area contributed by atoms with Crippen molar-refractivity contribution in [3.8, 4) is 18.1 Å². The van der Waals surface area contributed by atoms with Crippen LogP contribution < -0.4 is 26.3 Å². The molecular weight excluding hydrogens is 286 g/mol. The molecule has 0 amide bonds. The Hall–Kier alpha value is -1.05. The predicted molar refractivity (Wildman–Crippen MR) is 62.1 cm³/mol. The standard InChI is InChI=1S/C12H12NOS.BrH/c1-4-7-13-9(2)15-12-8-10(14-3)5-6-11(12)13;/h1,5-6,8H,7H2,2-3H3;1H/q+1;/p-1. The lowest BCUT2D eigenvalue weighted by Crippen LogP contribution is -3.00. The van der Waals surface area contributed by atoms with Crippen molar-refractivity contribution >= 4 is 21.6 Å². The average Bonchev–Trinajstić information content (AvgIpc) is 2.55. The monoisotopic (exact) mass is 297 g/mol. The summed E-state index contributed by atoms with van der Waals surface area (Å²) in [4.78, 5) is 0. The fourth-order valence-corrected chi connectivity index (χ4v) is 2.65. The molecule has 2 rings (SSSR count). The van der Waals surface area contributed by atoms with E-state index in [0.29, 0.717) is 6.54 Å².